The number of ether oxygens (including phenoxy) is 1. The predicted octanol–water partition coefficient (Wildman–Crippen LogP) is 1.40. The molecule has 0 atom stereocenters. The third-order valence-corrected chi connectivity index (χ3v) is 4.57. The molecule has 0 aromatic carbocycles. The summed E-state index contributed by atoms with van der Waals surface area (Å²) in [5.41, 5.74) is 0.964. The van der Waals surface area contributed by atoms with Gasteiger partial charge in [0, 0.05) is 51.6 Å². The predicted molar refractivity (Wildman–Crippen MR) is 85.1 cm³/mol. The molecule has 1 aromatic rings. The quantitative estimate of drug-likeness (QED) is 0.837. The van der Waals surface area contributed by atoms with Crippen LogP contribution in [0.2, 0.25) is 0 Å². The Hall–Kier alpha value is -1.67. The summed E-state index contributed by atoms with van der Waals surface area (Å²) in [7, 11) is 1.40. The third kappa shape index (κ3) is 3.95. The number of aromatic nitrogens is 1. The second kappa shape index (κ2) is 7.55. The van der Waals surface area contributed by atoms with Crippen LogP contribution >= 0.6 is 11.3 Å². The molecule has 0 spiro atoms. The van der Waals surface area contributed by atoms with Crippen molar-refractivity contribution in [2.24, 2.45) is 0 Å². The van der Waals surface area contributed by atoms with E-state index in [1.165, 1.54) is 18.4 Å². The molecule has 0 aliphatic carbocycles. The molecular weight excluding hydrogens is 304 g/mol. The van der Waals surface area contributed by atoms with Crippen molar-refractivity contribution >= 4 is 28.5 Å². The fourth-order valence-electron chi connectivity index (χ4n) is 2.43. The van der Waals surface area contributed by atoms with Crippen LogP contribution in [0.4, 0.5) is 9.93 Å². The van der Waals surface area contributed by atoms with Crippen LogP contribution in [0.1, 0.15) is 19.5 Å². The highest BCUT2D eigenvalue weighted by Gasteiger charge is 2.22. The Kier molecular flexibility index (Phi) is 5.73. The topological polar surface area (TPSA) is 66.0 Å². The Morgan fingerprint density at radius 3 is 2.59 bits per heavy atom. The van der Waals surface area contributed by atoms with Crippen molar-refractivity contribution in [3.8, 4) is 0 Å². The fraction of sp³-hybridized carbons (Fsp3) is 0.643. The molecule has 1 fully saturated rings. The van der Waals surface area contributed by atoms with Crippen LogP contribution in [-0.2, 0) is 16.1 Å². The molecule has 1 aliphatic heterocycles. The maximum atomic E-state index is 11.5. The molecule has 1 aromatic heterocycles. The Morgan fingerprint density at radius 1 is 1.36 bits per heavy atom. The highest BCUT2D eigenvalue weighted by Crippen LogP contribution is 2.21. The van der Waals surface area contributed by atoms with Gasteiger partial charge in [-0.25, -0.2) is 9.78 Å². The summed E-state index contributed by atoms with van der Waals surface area (Å²) in [5.74, 6) is 0.00934. The minimum absolute atomic E-state index is 0.00934. The number of carbonyl (C=O) groups is 2. The van der Waals surface area contributed by atoms with E-state index in [4.69, 9.17) is 4.74 Å². The summed E-state index contributed by atoms with van der Waals surface area (Å²) < 4.78 is 4.73. The van der Waals surface area contributed by atoms with E-state index >= 15 is 0 Å². The van der Waals surface area contributed by atoms with Gasteiger partial charge in [-0.15, -0.1) is 11.3 Å². The Morgan fingerprint density at radius 2 is 2.05 bits per heavy atom. The summed E-state index contributed by atoms with van der Waals surface area (Å²) in [6.45, 7) is 7.78. The van der Waals surface area contributed by atoms with Gasteiger partial charge in [0.2, 0.25) is 5.91 Å². The van der Waals surface area contributed by atoms with E-state index in [9.17, 15) is 9.59 Å². The second-order valence-electron chi connectivity index (χ2n) is 5.12. The standard InChI is InChI=1S/C14H22N4O3S/c1-4-18(11(2)19)13-15-12(10-22-13)9-16-5-7-17(8-6-16)14(20)21-3/h10H,4-9H2,1-3H3. The molecule has 0 radical (unpaired) electrons. The molecule has 7 nitrogen and oxygen atoms in total. The van der Waals surface area contributed by atoms with Crippen molar-refractivity contribution in [2.45, 2.75) is 20.4 Å². The highest BCUT2D eigenvalue weighted by molar-refractivity contribution is 7.14. The number of nitrogens with zero attached hydrogens (tertiary/aromatic N) is 4. The van der Waals surface area contributed by atoms with Gasteiger partial charge in [0.15, 0.2) is 5.13 Å². The molecular formula is C14H22N4O3S. The van der Waals surface area contributed by atoms with E-state index in [0.717, 1.165) is 30.5 Å². The average molecular weight is 326 g/mol. The zero-order valence-corrected chi connectivity index (χ0v) is 14.1. The minimum Gasteiger partial charge on any atom is -0.453 e. The number of methoxy groups -OCH3 is 1. The molecule has 2 heterocycles. The number of hydrogen-bond donors (Lipinski definition) is 0. The van der Waals surface area contributed by atoms with Crippen molar-refractivity contribution in [3.63, 3.8) is 0 Å². The molecule has 8 heteroatoms. The first kappa shape index (κ1) is 16.7. The van der Waals surface area contributed by atoms with Crippen molar-refractivity contribution in [2.75, 3.05) is 44.7 Å². The smallest absolute Gasteiger partial charge is 0.409 e. The lowest BCUT2D eigenvalue weighted by molar-refractivity contribution is -0.116. The normalized spacial score (nSPS) is 15.7. The van der Waals surface area contributed by atoms with Gasteiger partial charge in [-0.05, 0) is 6.92 Å². The van der Waals surface area contributed by atoms with E-state index in [1.54, 1.807) is 16.7 Å². The molecule has 0 bridgehead atoms. The summed E-state index contributed by atoms with van der Waals surface area (Å²) in [6, 6.07) is 0. The first-order chi connectivity index (χ1) is 10.5. The van der Waals surface area contributed by atoms with Crippen LogP contribution in [0.25, 0.3) is 0 Å². The Bertz CT molecular complexity index is 526. The Balaban J connectivity index is 1.89. The monoisotopic (exact) mass is 326 g/mol. The zero-order valence-electron chi connectivity index (χ0n) is 13.2. The van der Waals surface area contributed by atoms with Gasteiger partial charge < -0.3 is 9.64 Å². The third-order valence-electron chi connectivity index (χ3n) is 3.66. The SMILES string of the molecule is CCN(C(C)=O)c1nc(CN2CCN(C(=O)OC)CC2)cs1. The molecule has 0 saturated carbocycles. The molecule has 0 N–H and O–H groups in total. The van der Waals surface area contributed by atoms with Gasteiger partial charge in [-0.3, -0.25) is 14.6 Å². The summed E-state index contributed by atoms with van der Waals surface area (Å²) in [5, 5.41) is 2.74. The maximum absolute atomic E-state index is 11.5. The number of piperazine rings is 1. The Labute approximate surface area is 134 Å². The number of anilines is 1. The number of amides is 2. The van der Waals surface area contributed by atoms with Gasteiger partial charge in [0.05, 0.1) is 12.8 Å². The minimum atomic E-state index is -0.268. The van der Waals surface area contributed by atoms with E-state index in [2.05, 4.69) is 9.88 Å². The van der Waals surface area contributed by atoms with Crippen LogP contribution in [0, 0.1) is 0 Å². The molecule has 2 amide bonds. The van der Waals surface area contributed by atoms with Gasteiger partial charge in [-0.2, -0.15) is 0 Å². The average Bonchev–Trinajstić information content (AvgIpc) is 2.95. The van der Waals surface area contributed by atoms with Crippen molar-refractivity contribution in [1.29, 1.82) is 0 Å². The van der Waals surface area contributed by atoms with Crippen LogP contribution in [0.5, 0.6) is 0 Å². The largest absolute Gasteiger partial charge is 0.453 e. The highest BCUT2D eigenvalue weighted by atomic mass is 32.1. The van der Waals surface area contributed by atoms with Crippen molar-refractivity contribution in [3.05, 3.63) is 11.1 Å². The summed E-state index contributed by atoms with van der Waals surface area (Å²) in [4.78, 5) is 33.2. The summed E-state index contributed by atoms with van der Waals surface area (Å²) >= 11 is 1.49. The molecule has 122 valence electrons. The lowest BCUT2D eigenvalue weighted by Gasteiger charge is -2.33. The van der Waals surface area contributed by atoms with Gasteiger partial charge in [0.1, 0.15) is 0 Å². The van der Waals surface area contributed by atoms with E-state index in [0.29, 0.717) is 19.6 Å². The van der Waals surface area contributed by atoms with E-state index < -0.39 is 0 Å². The van der Waals surface area contributed by atoms with Crippen molar-refractivity contribution < 1.29 is 14.3 Å². The fourth-order valence-corrected chi connectivity index (χ4v) is 3.36. The molecule has 22 heavy (non-hydrogen) atoms. The van der Waals surface area contributed by atoms with Crippen LogP contribution in [0.3, 0.4) is 0 Å². The number of hydrogen-bond acceptors (Lipinski definition) is 6. The molecule has 1 saturated heterocycles. The van der Waals surface area contributed by atoms with Gasteiger partial charge in [0.25, 0.3) is 0 Å². The van der Waals surface area contributed by atoms with E-state index in [1.807, 2.05) is 12.3 Å². The van der Waals surface area contributed by atoms with Crippen LogP contribution < -0.4 is 4.90 Å². The maximum Gasteiger partial charge on any atom is 0.409 e. The molecule has 1 aliphatic rings. The van der Waals surface area contributed by atoms with Crippen LogP contribution in [0.15, 0.2) is 5.38 Å². The summed E-state index contributed by atoms with van der Waals surface area (Å²) in [6.07, 6.45) is -0.268. The first-order valence-corrected chi connectivity index (χ1v) is 8.20. The molecule has 2 rings (SSSR count). The van der Waals surface area contributed by atoms with Gasteiger partial charge >= 0.3 is 6.09 Å². The number of carbonyl (C=O) groups excluding carboxylic acids is 2. The van der Waals surface area contributed by atoms with Crippen LogP contribution in [-0.4, -0.2) is 66.6 Å². The second-order valence-corrected chi connectivity index (χ2v) is 5.95. The van der Waals surface area contributed by atoms with Gasteiger partial charge in [-0.1, -0.05) is 0 Å². The zero-order chi connectivity index (χ0) is 16.1. The first-order valence-electron chi connectivity index (χ1n) is 7.33. The molecule has 0 unspecified atom stereocenters. The van der Waals surface area contributed by atoms with Crippen molar-refractivity contribution in [1.82, 2.24) is 14.8 Å². The lowest BCUT2D eigenvalue weighted by Crippen LogP contribution is -2.48. The number of thiazole rings is 1. The number of rotatable bonds is 4. The van der Waals surface area contributed by atoms with E-state index in [-0.39, 0.29) is 12.0 Å². The lowest BCUT2D eigenvalue weighted by atomic mass is 10.3.